The molecule has 0 bridgehead atoms. The molecule has 0 saturated carbocycles. The number of carbonyl (C=O) groups is 1. The van der Waals surface area contributed by atoms with Crippen molar-refractivity contribution < 1.29 is 4.79 Å². The Morgan fingerprint density at radius 2 is 2.60 bits per heavy atom. The Labute approximate surface area is 59.8 Å². The van der Waals surface area contributed by atoms with E-state index in [4.69, 9.17) is 0 Å². The molecule has 0 atom stereocenters. The molecule has 3 heteroatoms. The van der Waals surface area contributed by atoms with Crippen LogP contribution in [0.1, 0.15) is 6.92 Å². The van der Waals surface area contributed by atoms with Gasteiger partial charge in [0.15, 0.2) is 6.04 Å². The van der Waals surface area contributed by atoms with Gasteiger partial charge in [0.25, 0.3) is 5.91 Å². The Hall–Kier alpha value is -1.12. The lowest BCUT2D eigenvalue weighted by Gasteiger charge is -2.01. The number of aliphatic imine (C=N–C) groups is 1. The monoisotopic (exact) mass is 137 g/mol. The van der Waals surface area contributed by atoms with Crippen molar-refractivity contribution in [3.05, 3.63) is 18.2 Å². The van der Waals surface area contributed by atoms with Crippen molar-refractivity contribution in [2.45, 2.75) is 6.92 Å². The number of nitrogens with one attached hydrogen (secondary N) is 1. The molecule has 1 rings (SSSR count). The third kappa shape index (κ3) is 1.43. The molecule has 1 aliphatic rings. The number of hydrogen-bond acceptors (Lipinski definition) is 2. The van der Waals surface area contributed by atoms with Crippen molar-refractivity contribution in [3.63, 3.8) is 0 Å². The van der Waals surface area contributed by atoms with Gasteiger partial charge in [0.1, 0.15) is 0 Å². The molecule has 0 aromatic carbocycles. The number of allylic oxidation sites excluding steroid dienone is 1. The molecule has 10 heavy (non-hydrogen) atoms. The van der Waals surface area contributed by atoms with Gasteiger partial charge in [0.2, 0.25) is 0 Å². The SMILES string of the molecule is CCNC(=O)[C]1C=CC=N1. The van der Waals surface area contributed by atoms with E-state index in [1.54, 1.807) is 18.4 Å². The molecule has 53 valence electrons. The highest BCUT2D eigenvalue weighted by atomic mass is 16.2. The summed E-state index contributed by atoms with van der Waals surface area (Å²) in [6.07, 6.45) is 5.03. The summed E-state index contributed by atoms with van der Waals surface area (Å²) in [5.74, 6) is -0.104. The summed E-state index contributed by atoms with van der Waals surface area (Å²) < 4.78 is 0. The lowest BCUT2D eigenvalue weighted by molar-refractivity contribution is -0.118. The highest BCUT2D eigenvalue weighted by molar-refractivity contribution is 5.97. The Kier molecular flexibility index (Phi) is 2.20. The van der Waals surface area contributed by atoms with Crippen LogP contribution in [0.3, 0.4) is 0 Å². The molecular formula is C7H9N2O. The fourth-order valence-corrected chi connectivity index (χ4v) is 0.686. The molecule has 0 spiro atoms. The smallest absolute Gasteiger partial charge is 0.255 e. The van der Waals surface area contributed by atoms with Gasteiger partial charge in [-0.1, -0.05) is 0 Å². The molecule has 0 aliphatic carbocycles. The molecule has 0 aromatic heterocycles. The zero-order valence-electron chi connectivity index (χ0n) is 5.79. The van der Waals surface area contributed by atoms with Crippen LogP contribution in [0.25, 0.3) is 0 Å². The maximum absolute atomic E-state index is 10.9. The number of likely N-dealkylation sites (N-methyl/N-ethyl adjacent to an activating group) is 1. The standard InChI is InChI=1S/C7H9N2O/c1-2-8-7(10)6-4-3-5-9-6/h3-5H,2H2,1H3,(H,8,10). The quantitative estimate of drug-likeness (QED) is 0.584. The van der Waals surface area contributed by atoms with E-state index < -0.39 is 0 Å². The Balaban J connectivity index is 2.42. The van der Waals surface area contributed by atoms with Crippen molar-refractivity contribution in [2.75, 3.05) is 6.54 Å². The summed E-state index contributed by atoms with van der Waals surface area (Å²) >= 11 is 0. The van der Waals surface area contributed by atoms with Crippen molar-refractivity contribution in [2.24, 2.45) is 4.99 Å². The predicted octanol–water partition coefficient (Wildman–Crippen LogP) is 0.295. The van der Waals surface area contributed by atoms with Gasteiger partial charge >= 0.3 is 0 Å². The molecule has 1 N–H and O–H groups in total. The van der Waals surface area contributed by atoms with E-state index >= 15 is 0 Å². The van der Waals surface area contributed by atoms with Crippen LogP contribution >= 0.6 is 0 Å². The summed E-state index contributed by atoms with van der Waals surface area (Å²) in [6, 6.07) is 0.488. The van der Waals surface area contributed by atoms with Crippen molar-refractivity contribution in [1.29, 1.82) is 0 Å². The zero-order chi connectivity index (χ0) is 7.40. The second-order valence-corrected chi connectivity index (χ2v) is 1.88. The van der Waals surface area contributed by atoms with E-state index in [0.29, 0.717) is 12.6 Å². The summed E-state index contributed by atoms with van der Waals surface area (Å²) in [6.45, 7) is 2.52. The maximum Gasteiger partial charge on any atom is 0.255 e. The first kappa shape index (κ1) is 6.99. The summed E-state index contributed by atoms with van der Waals surface area (Å²) in [4.78, 5) is 14.8. The first-order valence-corrected chi connectivity index (χ1v) is 3.20. The third-order valence-corrected chi connectivity index (χ3v) is 1.12. The topological polar surface area (TPSA) is 41.5 Å². The van der Waals surface area contributed by atoms with Crippen LogP contribution in [0.2, 0.25) is 0 Å². The van der Waals surface area contributed by atoms with Crippen molar-refractivity contribution in [3.8, 4) is 0 Å². The van der Waals surface area contributed by atoms with Gasteiger partial charge in [-0.3, -0.25) is 9.79 Å². The Morgan fingerprint density at radius 3 is 3.10 bits per heavy atom. The molecule has 0 fully saturated rings. The third-order valence-electron chi connectivity index (χ3n) is 1.12. The highest BCUT2D eigenvalue weighted by Gasteiger charge is 2.15. The van der Waals surface area contributed by atoms with Gasteiger partial charge in [-0.15, -0.1) is 0 Å². The number of nitrogens with zero attached hydrogens (tertiary/aromatic N) is 1. The van der Waals surface area contributed by atoms with Crippen molar-refractivity contribution >= 4 is 12.1 Å². The fourth-order valence-electron chi connectivity index (χ4n) is 0.686. The molecule has 1 heterocycles. The van der Waals surface area contributed by atoms with Crippen LogP contribution in [0.5, 0.6) is 0 Å². The van der Waals surface area contributed by atoms with E-state index in [-0.39, 0.29) is 5.91 Å². The molecule has 0 aromatic rings. The average molecular weight is 137 g/mol. The van der Waals surface area contributed by atoms with E-state index in [1.807, 2.05) is 6.92 Å². The van der Waals surface area contributed by atoms with Gasteiger partial charge in [0.05, 0.1) is 0 Å². The van der Waals surface area contributed by atoms with Crippen molar-refractivity contribution in [1.82, 2.24) is 5.32 Å². The van der Waals surface area contributed by atoms with Gasteiger partial charge < -0.3 is 5.32 Å². The zero-order valence-corrected chi connectivity index (χ0v) is 5.79. The predicted molar refractivity (Wildman–Crippen MR) is 39.6 cm³/mol. The number of carbonyl (C=O) groups excluding carboxylic acids is 1. The van der Waals surface area contributed by atoms with Crippen LogP contribution in [-0.4, -0.2) is 18.7 Å². The van der Waals surface area contributed by atoms with Gasteiger partial charge in [-0.05, 0) is 19.1 Å². The van der Waals surface area contributed by atoms with Gasteiger partial charge in [-0.2, -0.15) is 0 Å². The van der Waals surface area contributed by atoms with E-state index in [9.17, 15) is 4.79 Å². The molecule has 1 aliphatic heterocycles. The summed E-state index contributed by atoms with van der Waals surface area (Å²) in [5, 5.41) is 2.65. The molecule has 3 nitrogen and oxygen atoms in total. The molecule has 1 amide bonds. The van der Waals surface area contributed by atoms with Crippen LogP contribution in [-0.2, 0) is 4.79 Å². The lowest BCUT2D eigenvalue weighted by atomic mass is 10.3. The summed E-state index contributed by atoms with van der Waals surface area (Å²) in [7, 11) is 0. The lowest BCUT2D eigenvalue weighted by Crippen LogP contribution is -2.26. The minimum absolute atomic E-state index is 0.104. The minimum Gasteiger partial charge on any atom is -0.354 e. The first-order chi connectivity index (χ1) is 4.84. The Morgan fingerprint density at radius 1 is 1.80 bits per heavy atom. The van der Waals surface area contributed by atoms with E-state index in [0.717, 1.165) is 0 Å². The maximum atomic E-state index is 10.9. The van der Waals surface area contributed by atoms with Gasteiger partial charge in [0, 0.05) is 12.8 Å². The first-order valence-electron chi connectivity index (χ1n) is 3.20. The van der Waals surface area contributed by atoms with E-state index in [1.165, 1.54) is 0 Å². The highest BCUT2D eigenvalue weighted by Crippen LogP contribution is 2.07. The van der Waals surface area contributed by atoms with Crippen LogP contribution in [0.15, 0.2) is 17.1 Å². The van der Waals surface area contributed by atoms with Gasteiger partial charge in [-0.25, -0.2) is 0 Å². The molecule has 0 saturated heterocycles. The van der Waals surface area contributed by atoms with Crippen LogP contribution < -0.4 is 5.32 Å². The van der Waals surface area contributed by atoms with Crippen LogP contribution in [0.4, 0.5) is 0 Å². The summed E-state index contributed by atoms with van der Waals surface area (Å²) in [5.41, 5.74) is 0. The molecular weight excluding hydrogens is 128 g/mol. The number of rotatable bonds is 2. The largest absolute Gasteiger partial charge is 0.354 e. The number of hydrogen-bond donors (Lipinski definition) is 1. The molecule has 0 unspecified atom stereocenters. The Bertz CT molecular complexity index is 172. The minimum atomic E-state index is -0.104. The number of amides is 1. The fraction of sp³-hybridized carbons (Fsp3) is 0.286. The second-order valence-electron chi connectivity index (χ2n) is 1.88. The average Bonchev–Trinajstić information content (AvgIpc) is 2.38. The normalized spacial score (nSPS) is 16.1. The van der Waals surface area contributed by atoms with Crippen LogP contribution in [0, 0.1) is 6.04 Å². The molecule has 1 radical (unpaired) electrons. The van der Waals surface area contributed by atoms with E-state index in [2.05, 4.69) is 10.3 Å². The second kappa shape index (κ2) is 3.15.